The standard InChI is InChI=1S/C14H13NS.ClH/c15-14(13-9-5-2-6-10-13)16-11-12-7-3-1-4-8-12;/h1-10,15H,11H2;1H. The van der Waals surface area contributed by atoms with E-state index in [0.717, 1.165) is 11.3 Å². The molecule has 0 heterocycles. The number of hydrogen-bond acceptors (Lipinski definition) is 2. The highest BCUT2D eigenvalue weighted by Gasteiger charge is 2.01. The molecule has 88 valence electrons. The van der Waals surface area contributed by atoms with Crippen LogP contribution in [0.2, 0.25) is 0 Å². The lowest BCUT2D eigenvalue weighted by molar-refractivity contribution is 1.42. The summed E-state index contributed by atoms with van der Waals surface area (Å²) in [4.78, 5) is 0. The van der Waals surface area contributed by atoms with Crippen LogP contribution in [0.15, 0.2) is 60.7 Å². The summed E-state index contributed by atoms with van der Waals surface area (Å²) in [5.41, 5.74) is 2.25. The SMILES string of the molecule is Cl.N=C(SCc1ccccc1)c1ccccc1. The third-order valence-electron chi connectivity index (χ3n) is 2.26. The van der Waals surface area contributed by atoms with Gasteiger partial charge in [0.2, 0.25) is 0 Å². The Labute approximate surface area is 112 Å². The third-order valence-corrected chi connectivity index (χ3v) is 3.26. The van der Waals surface area contributed by atoms with Crippen molar-refractivity contribution in [2.45, 2.75) is 5.75 Å². The Bertz CT molecular complexity index is 456. The molecule has 2 aromatic rings. The lowest BCUT2D eigenvalue weighted by Gasteiger charge is -2.03. The molecule has 0 radical (unpaired) electrons. The summed E-state index contributed by atoms with van der Waals surface area (Å²) in [5.74, 6) is 0.856. The minimum absolute atomic E-state index is 0. The van der Waals surface area contributed by atoms with Crippen molar-refractivity contribution in [1.82, 2.24) is 0 Å². The fraction of sp³-hybridized carbons (Fsp3) is 0.0714. The Balaban J connectivity index is 0.00000144. The molecule has 1 N–H and O–H groups in total. The van der Waals surface area contributed by atoms with Crippen LogP contribution in [0.1, 0.15) is 11.1 Å². The van der Waals surface area contributed by atoms with E-state index < -0.39 is 0 Å². The first-order valence-electron chi connectivity index (χ1n) is 5.17. The van der Waals surface area contributed by atoms with Gasteiger partial charge in [0.15, 0.2) is 0 Å². The van der Waals surface area contributed by atoms with Crippen LogP contribution >= 0.6 is 24.2 Å². The highest BCUT2D eigenvalue weighted by atomic mass is 35.5. The van der Waals surface area contributed by atoms with Crippen molar-refractivity contribution in [2.75, 3.05) is 0 Å². The molecule has 0 saturated heterocycles. The molecule has 0 aromatic heterocycles. The molecular weight excluding hydrogens is 250 g/mol. The summed E-state index contributed by atoms with van der Waals surface area (Å²) in [5, 5.41) is 8.57. The highest BCUT2D eigenvalue weighted by molar-refractivity contribution is 8.13. The topological polar surface area (TPSA) is 23.9 Å². The maximum absolute atomic E-state index is 7.94. The van der Waals surface area contributed by atoms with Crippen LogP contribution in [0.25, 0.3) is 0 Å². The lowest BCUT2D eigenvalue weighted by atomic mass is 10.2. The fourth-order valence-corrected chi connectivity index (χ4v) is 2.21. The molecule has 17 heavy (non-hydrogen) atoms. The van der Waals surface area contributed by atoms with Gasteiger partial charge in [0.1, 0.15) is 0 Å². The molecule has 2 rings (SSSR count). The Morgan fingerprint density at radius 2 is 1.41 bits per heavy atom. The van der Waals surface area contributed by atoms with Gasteiger partial charge in [-0.2, -0.15) is 0 Å². The molecule has 0 atom stereocenters. The van der Waals surface area contributed by atoms with Gasteiger partial charge in [0.25, 0.3) is 0 Å². The van der Waals surface area contributed by atoms with Crippen LogP contribution in [-0.2, 0) is 5.75 Å². The van der Waals surface area contributed by atoms with Crippen molar-refractivity contribution in [2.24, 2.45) is 0 Å². The Hall–Kier alpha value is -1.25. The number of halogens is 1. The minimum Gasteiger partial charge on any atom is -0.293 e. The summed E-state index contributed by atoms with van der Waals surface area (Å²) >= 11 is 1.57. The molecule has 0 fully saturated rings. The van der Waals surface area contributed by atoms with Crippen LogP contribution in [0.3, 0.4) is 0 Å². The van der Waals surface area contributed by atoms with Crippen molar-refractivity contribution in [1.29, 1.82) is 5.41 Å². The number of hydrogen-bond donors (Lipinski definition) is 1. The smallest absolute Gasteiger partial charge is 0.0945 e. The van der Waals surface area contributed by atoms with Gasteiger partial charge in [-0.25, -0.2) is 0 Å². The Morgan fingerprint density at radius 1 is 0.882 bits per heavy atom. The molecule has 0 aliphatic carbocycles. The van der Waals surface area contributed by atoms with Gasteiger partial charge in [0.05, 0.1) is 5.04 Å². The van der Waals surface area contributed by atoms with Gasteiger partial charge >= 0.3 is 0 Å². The second kappa shape index (κ2) is 7.15. The molecule has 0 aliphatic rings. The molecule has 0 saturated carbocycles. The van der Waals surface area contributed by atoms with Crippen molar-refractivity contribution in [3.8, 4) is 0 Å². The summed E-state index contributed by atoms with van der Waals surface area (Å²) in [6.45, 7) is 0. The summed E-state index contributed by atoms with van der Waals surface area (Å²) in [6, 6.07) is 20.1. The van der Waals surface area contributed by atoms with E-state index in [4.69, 9.17) is 5.41 Å². The van der Waals surface area contributed by atoms with Gasteiger partial charge < -0.3 is 0 Å². The normalized spacial score (nSPS) is 9.41. The molecular formula is C14H14ClNS. The second-order valence-corrected chi connectivity index (χ2v) is 4.46. The lowest BCUT2D eigenvalue weighted by Crippen LogP contribution is -1.93. The van der Waals surface area contributed by atoms with Crippen molar-refractivity contribution in [3.05, 3.63) is 71.8 Å². The number of thioether (sulfide) groups is 1. The molecule has 0 spiro atoms. The minimum atomic E-state index is 0. The van der Waals surface area contributed by atoms with Crippen molar-refractivity contribution < 1.29 is 0 Å². The van der Waals surface area contributed by atoms with E-state index in [2.05, 4.69) is 12.1 Å². The predicted octanol–water partition coefficient (Wildman–Crippen LogP) is 4.37. The summed E-state index contributed by atoms with van der Waals surface area (Å²) < 4.78 is 0. The Kier molecular flexibility index (Phi) is 5.81. The maximum atomic E-state index is 7.94. The average Bonchev–Trinajstić information content (AvgIpc) is 2.38. The maximum Gasteiger partial charge on any atom is 0.0945 e. The van der Waals surface area contributed by atoms with Crippen molar-refractivity contribution >= 4 is 29.2 Å². The van der Waals surface area contributed by atoms with E-state index in [1.807, 2.05) is 48.5 Å². The van der Waals surface area contributed by atoms with E-state index in [0.29, 0.717) is 5.04 Å². The van der Waals surface area contributed by atoms with E-state index in [1.165, 1.54) is 5.56 Å². The second-order valence-electron chi connectivity index (χ2n) is 3.47. The van der Waals surface area contributed by atoms with Crippen LogP contribution in [0, 0.1) is 5.41 Å². The zero-order chi connectivity index (χ0) is 11.2. The zero-order valence-electron chi connectivity index (χ0n) is 9.30. The van der Waals surface area contributed by atoms with Crippen LogP contribution in [0.5, 0.6) is 0 Å². The first-order valence-corrected chi connectivity index (χ1v) is 6.15. The van der Waals surface area contributed by atoms with E-state index in [9.17, 15) is 0 Å². The van der Waals surface area contributed by atoms with Gasteiger partial charge in [0, 0.05) is 11.3 Å². The molecule has 0 unspecified atom stereocenters. The molecule has 0 bridgehead atoms. The van der Waals surface area contributed by atoms with E-state index in [1.54, 1.807) is 11.8 Å². The van der Waals surface area contributed by atoms with E-state index in [-0.39, 0.29) is 12.4 Å². The van der Waals surface area contributed by atoms with E-state index >= 15 is 0 Å². The number of rotatable bonds is 3. The first kappa shape index (κ1) is 13.8. The Morgan fingerprint density at radius 3 is 2.00 bits per heavy atom. The molecule has 0 amide bonds. The van der Waals surface area contributed by atoms with Crippen LogP contribution < -0.4 is 0 Å². The molecule has 3 heteroatoms. The van der Waals surface area contributed by atoms with Gasteiger partial charge in [-0.05, 0) is 5.56 Å². The van der Waals surface area contributed by atoms with Gasteiger partial charge in [-0.1, -0.05) is 60.7 Å². The fourth-order valence-electron chi connectivity index (χ4n) is 1.40. The quantitative estimate of drug-likeness (QED) is 0.645. The predicted molar refractivity (Wildman–Crippen MR) is 78.3 cm³/mol. The molecule has 2 aromatic carbocycles. The summed E-state index contributed by atoms with van der Waals surface area (Å²) in [7, 11) is 0. The largest absolute Gasteiger partial charge is 0.293 e. The van der Waals surface area contributed by atoms with Crippen molar-refractivity contribution in [3.63, 3.8) is 0 Å². The number of nitrogens with one attached hydrogen (secondary N) is 1. The van der Waals surface area contributed by atoms with Gasteiger partial charge in [-0.3, -0.25) is 5.41 Å². The summed E-state index contributed by atoms with van der Waals surface area (Å²) in [6.07, 6.45) is 0. The molecule has 0 aliphatic heterocycles. The van der Waals surface area contributed by atoms with Gasteiger partial charge in [-0.15, -0.1) is 24.2 Å². The monoisotopic (exact) mass is 263 g/mol. The van der Waals surface area contributed by atoms with Crippen LogP contribution in [0.4, 0.5) is 0 Å². The number of benzene rings is 2. The first-order chi connectivity index (χ1) is 7.86. The highest BCUT2D eigenvalue weighted by Crippen LogP contribution is 2.17. The average molecular weight is 264 g/mol. The van der Waals surface area contributed by atoms with Crippen LogP contribution in [-0.4, -0.2) is 5.04 Å². The third kappa shape index (κ3) is 4.25. The zero-order valence-corrected chi connectivity index (χ0v) is 10.9. The molecule has 1 nitrogen and oxygen atoms in total.